The van der Waals surface area contributed by atoms with E-state index in [-0.39, 0.29) is 29.7 Å². The number of hydrogen-bond donors (Lipinski definition) is 0. The predicted molar refractivity (Wildman–Crippen MR) is 138 cm³/mol. The number of carbonyl (C=O) groups is 2. The lowest BCUT2D eigenvalue weighted by Crippen LogP contribution is -2.48. The van der Waals surface area contributed by atoms with Gasteiger partial charge in [-0.05, 0) is 55.5 Å². The van der Waals surface area contributed by atoms with Gasteiger partial charge in [-0.2, -0.15) is 0 Å². The summed E-state index contributed by atoms with van der Waals surface area (Å²) in [4.78, 5) is 50.6. The Bertz CT molecular complexity index is 1340. The first kappa shape index (κ1) is 24.4. The fourth-order valence-electron chi connectivity index (χ4n) is 4.94. The summed E-state index contributed by atoms with van der Waals surface area (Å²) in [6.45, 7) is 7.71. The highest BCUT2D eigenvalue weighted by molar-refractivity contribution is 7.20. The van der Waals surface area contributed by atoms with Gasteiger partial charge in [0.1, 0.15) is 17.2 Å². The average Bonchev–Trinajstić information content (AvgIpc) is 3.23. The van der Waals surface area contributed by atoms with Crippen LogP contribution in [-0.2, 0) is 11.3 Å². The maximum absolute atomic E-state index is 13.4. The molecule has 2 amide bonds. The highest BCUT2D eigenvalue weighted by Gasteiger charge is 2.27. The van der Waals surface area contributed by atoms with E-state index in [4.69, 9.17) is 0 Å². The third-order valence-corrected chi connectivity index (χ3v) is 8.50. The molecule has 2 fully saturated rings. The Morgan fingerprint density at radius 1 is 1.03 bits per heavy atom. The Hall–Kier alpha value is -3.27. The van der Waals surface area contributed by atoms with Crippen molar-refractivity contribution in [3.05, 3.63) is 57.2 Å². The van der Waals surface area contributed by atoms with Crippen molar-refractivity contribution in [3.8, 4) is 0 Å². The second-order valence-corrected chi connectivity index (χ2v) is 10.7. The standard InChI is InChI=1S/C26H30FN5O3S/c1-17-7-9-30(10-8-17)21(33)15-32-16-28-24-22(25(32)34)18(2)23(36-24)26(35)31-13-11-29(12-14-31)20-5-3-19(27)4-6-20/h3-6,16-17H,7-15H2,1-2H3. The summed E-state index contributed by atoms with van der Waals surface area (Å²) in [7, 11) is 0. The van der Waals surface area contributed by atoms with Gasteiger partial charge >= 0.3 is 0 Å². The van der Waals surface area contributed by atoms with Crippen LogP contribution in [0.3, 0.4) is 0 Å². The lowest BCUT2D eigenvalue weighted by atomic mass is 9.99. The van der Waals surface area contributed by atoms with Crippen LogP contribution in [0.4, 0.5) is 10.1 Å². The summed E-state index contributed by atoms with van der Waals surface area (Å²) in [5.74, 6) is 0.156. The zero-order chi connectivity index (χ0) is 25.4. The van der Waals surface area contributed by atoms with Crippen molar-refractivity contribution in [2.75, 3.05) is 44.2 Å². The number of benzene rings is 1. The van der Waals surface area contributed by atoms with Gasteiger partial charge in [0.2, 0.25) is 5.91 Å². The molecular formula is C26H30FN5O3S. The molecule has 3 aromatic rings. The van der Waals surface area contributed by atoms with Gasteiger partial charge in [-0.1, -0.05) is 6.92 Å². The zero-order valence-electron chi connectivity index (χ0n) is 20.6. The van der Waals surface area contributed by atoms with Gasteiger partial charge in [0.15, 0.2) is 0 Å². The van der Waals surface area contributed by atoms with Gasteiger partial charge in [0.05, 0.1) is 16.6 Å². The molecule has 2 aliphatic heterocycles. The van der Waals surface area contributed by atoms with Crippen LogP contribution in [0.1, 0.15) is 35.0 Å². The van der Waals surface area contributed by atoms with Crippen LogP contribution in [0.5, 0.6) is 0 Å². The van der Waals surface area contributed by atoms with Crippen molar-refractivity contribution < 1.29 is 14.0 Å². The van der Waals surface area contributed by atoms with Crippen LogP contribution < -0.4 is 10.5 Å². The molecule has 0 bridgehead atoms. The van der Waals surface area contributed by atoms with Crippen LogP contribution in [0.15, 0.2) is 35.4 Å². The van der Waals surface area contributed by atoms with Crippen molar-refractivity contribution in [2.24, 2.45) is 5.92 Å². The largest absolute Gasteiger partial charge is 0.368 e. The van der Waals surface area contributed by atoms with Crippen LogP contribution in [0.2, 0.25) is 0 Å². The molecule has 2 aliphatic rings. The number of fused-ring (bicyclic) bond motifs is 1. The maximum atomic E-state index is 13.4. The lowest BCUT2D eigenvalue weighted by molar-refractivity contribution is -0.133. The minimum Gasteiger partial charge on any atom is -0.368 e. The number of rotatable bonds is 4. The minimum atomic E-state index is -0.285. The number of likely N-dealkylation sites (tertiary alicyclic amines) is 1. The molecule has 5 rings (SSSR count). The van der Waals surface area contributed by atoms with Crippen molar-refractivity contribution in [1.29, 1.82) is 0 Å². The van der Waals surface area contributed by atoms with Crippen LogP contribution >= 0.6 is 11.3 Å². The molecule has 2 saturated heterocycles. The smallest absolute Gasteiger partial charge is 0.264 e. The number of hydrogen-bond acceptors (Lipinski definition) is 6. The lowest BCUT2D eigenvalue weighted by Gasteiger charge is -2.36. The van der Waals surface area contributed by atoms with Gasteiger partial charge in [0, 0.05) is 45.0 Å². The van der Waals surface area contributed by atoms with E-state index in [9.17, 15) is 18.8 Å². The molecule has 2 aromatic heterocycles. The number of aromatic nitrogens is 2. The highest BCUT2D eigenvalue weighted by atomic mass is 32.1. The number of anilines is 1. The van der Waals surface area contributed by atoms with Gasteiger partial charge < -0.3 is 14.7 Å². The highest BCUT2D eigenvalue weighted by Crippen LogP contribution is 2.29. The summed E-state index contributed by atoms with van der Waals surface area (Å²) in [5.41, 5.74) is 1.26. The van der Waals surface area contributed by atoms with Gasteiger partial charge in [-0.3, -0.25) is 19.0 Å². The van der Waals surface area contributed by atoms with E-state index in [1.54, 1.807) is 24.0 Å². The molecule has 0 atom stereocenters. The predicted octanol–water partition coefficient (Wildman–Crippen LogP) is 3.13. The van der Waals surface area contributed by atoms with Gasteiger partial charge in [0.25, 0.3) is 11.5 Å². The van der Waals surface area contributed by atoms with E-state index in [1.807, 2.05) is 4.90 Å². The molecule has 4 heterocycles. The fourth-order valence-corrected chi connectivity index (χ4v) is 6.05. The number of carbonyl (C=O) groups excluding carboxylic acids is 2. The first-order chi connectivity index (χ1) is 17.3. The molecule has 0 unspecified atom stereocenters. The Morgan fingerprint density at radius 3 is 2.36 bits per heavy atom. The summed E-state index contributed by atoms with van der Waals surface area (Å²) < 4.78 is 14.6. The molecule has 190 valence electrons. The van der Waals surface area contributed by atoms with Crippen LogP contribution in [0.25, 0.3) is 10.2 Å². The maximum Gasteiger partial charge on any atom is 0.264 e. The SMILES string of the molecule is Cc1c(C(=O)N2CCN(c3ccc(F)cc3)CC2)sc2ncn(CC(=O)N3CCC(C)CC3)c(=O)c12. The third kappa shape index (κ3) is 4.74. The van der Waals surface area contributed by atoms with Crippen molar-refractivity contribution in [2.45, 2.75) is 33.2 Å². The molecule has 0 saturated carbocycles. The quantitative estimate of drug-likeness (QED) is 0.538. The summed E-state index contributed by atoms with van der Waals surface area (Å²) in [5, 5.41) is 0.413. The molecule has 0 aliphatic carbocycles. The van der Waals surface area contributed by atoms with Crippen molar-refractivity contribution >= 4 is 39.1 Å². The van der Waals surface area contributed by atoms with E-state index in [0.717, 1.165) is 31.6 Å². The Morgan fingerprint density at radius 2 is 1.69 bits per heavy atom. The zero-order valence-corrected chi connectivity index (χ0v) is 21.4. The van der Waals surface area contributed by atoms with Gasteiger partial charge in [-0.15, -0.1) is 11.3 Å². The van der Waals surface area contributed by atoms with Crippen LogP contribution in [0, 0.1) is 18.7 Å². The number of piperazine rings is 1. The number of amides is 2. The Balaban J connectivity index is 1.30. The van der Waals surface area contributed by atoms with Crippen LogP contribution in [-0.4, -0.2) is 70.4 Å². The number of thiophene rings is 1. The number of aryl methyl sites for hydroxylation is 1. The fraction of sp³-hybridized carbons (Fsp3) is 0.462. The van der Waals surface area contributed by atoms with Crippen molar-refractivity contribution in [3.63, 3.8) is 0 Å². The monoisotopic (exact) mass is 511 g/mol. The molecule has 0 N–H and O–H groups in total. The summed E-state index contributed by atoms with van der Waals surface area (Å²) >= 11 is 1.23. The number of piperidine rings is 1. The molecule has 36 heavy (non-hydrogen) atoms. The Kier molecular flexibility index (Phi) is 6.79. The molecule has 0 radical (unpaired) electrons. The first-order valence-electron chi connectivity index (χ1n) is 12.4. The second-order valence-electron chi connectivity index (χ2n) is 9.73. The van der Waals surface area contributed by atoms with E-state index < -0.39 is 0 Å². The first-order valence-corrected chi connectivity index (χ1v) is 13.2. The number of nitrogens with zero attached hydrogens (tertiary/aromatic N) is 5. The topological polar surface area (TPSA) is 78.8 Å². The molecule has 0 spiro atoms. The average molecular weight is 512 g/mol. The molecule has 1 aromatic carbocycles. The van der Waals surface area contributed by atoms with E-state index in [2.05, 4.69) is 16.8 Å². The molecular weight excluding hydrogens is 481 g/mol. The summed E-state index contributed by atoms with van der Waals surface area (Å²) in [6.07, 6.45) is 3.37. The van der Waals surface area contributed by atoms with E-state index >= 15 is 0 Å². The minimum absolute atomic E-state index is 0.0416. The molecule has 10 heteroatoms. The second kappa shape index (κ2) is 10.0. The van der Waals surface area contributed by atoms with E-state index in [1.165, 1.54) is 34.4 Å². The van der Waals surface area contributed by atoms with E-state index in [0.29, 0.717) is 52.8 Å². The summed E-state index contributed by atoms with van der Waals surface area (Å²) in [6, 6.07) is 6.37. The Labute approximate surface area is 212 Å². The van der Waals surface area contributed by atoms with Crippen molar-refractivity contribution in [1.82, 2.24) is 19.4 Å². The third-order valence-electron chi connectivity index (χ3n) is 7.31. The molecule has 8 nitrogen and oxygen atoms in total. The number of halogens is 1. The normalized spacial score (nSPS) is 17.1. The van der Waals surface area contributed by atoms with Gasteiger partial charge in [-0.25, -0.2) is 9.37 Å².